The van der Waals surface area contributed by atoms with E-state index in [1.165, 1.54) is 24.4 Å². The minimum atomic E-state index is -0.566. The maximum Gasteiger partial charge on any atom is 0.270 e. The van der Waals surface area contributed by atoms with E-state index in [1.54, 1.807) is 12.1 Å². The van der Waals surface area contributed by atoms with Gasteiger partial charge in [-0.15, -0.1) is 0 Å². The second-order valence-corrected chi connectivity index (χ2v) is 6.31. The summed E-state index contributed by atoms with van der Waals surface area (Å²) in [6.07, 6.45) is 1.19. The van der Waals surface area contributed by atoms with Crippen LogP contribution in [0.4, 0.5) is 5.69 Å². The number of non-ortho nitro benzene ring substituents is 1. The lowest BCUT2D eigenvalue weighted by Crippen LogP contribution is -2.23. The fraction of sp³-hybridized carbons (Fsp3) is 0.143. The zero-order valence-electron chi connectivity index (χ0n) is 15.6. The molecule has 0 saturated carbocycles. The summed E-state index contributed by atoms with van der Waals surface area (Å²) in [6.45, 7) is 1.85. The number of carbonyl (C=O) groups is 1. The summed E-state index contributed by atoms with van der Waals surface area (Å²) in [6, 6.07) is 16.5. The molecule has 1 amide bonds. The highest BCUT2D eigenvalue weighted by Crippen LogP contribution is 2.23. The molecule has 3 aromatic rings. The van der Waals surface area contributed by atoms with Crippen molar-refractivity contribution in [3.63, 3.8) is 0 Å². The monoisotopic (exact) mass is 393 g/mol. The summed E-state index contributed by atoms with van der Waals surface area (Å²) in [5.41, 5.74) is 1.39. The third kappa shape index (κ3) is 5.07. The molecule has 29 heavy (non-hydrogen) atoms. The molecular formula is C21H19N3O5. The molecule has 2 aromatic carbocycles. The molecule has 1 heterocycles. The molecule has 8 heteroatoms. The van der Waals surface area contributed by atoms with Crippen molar-refractivity contribution in [2.45, 2.75) is 19.6 Å². The van der Waals surface area contributed by atoms with E-state index in [0.717, 1.165) is 5.56 Å². The molecule has 0 aliphatic carbocycles. The van der Waals surface area contributed by atoms with Gasteiger partial charge in [0.15, 0.2) is 0 Å². The van der Waals surface area contributed by atoms with Crippen LogP contribution in [-0.2, 0) is 6.54 Å². The molecular weight excluding hydrogens is 374 g/mol. The minimum Gasteiger partial charge on any atom is -0.508 e. The molecule has 0 aliphatic heterocycles. The molecule has 2 N–H and O–H groups in total. The molecule has 0 aliphatic rings. The van der Waals surface area contributed by atoms with E-state index in [-0.39, 0.29) is 29.6 Å². The third-order valence-corrected chi connectivity index (χ3v) is 4.28. The maximum absolute atomic E-state index is 12.3. The third-order valence-electron chi connectivity index (χ3n) is 4.28. The quantitative estimate of drug-likeness (QED) is 0.466. The first-order valence-corrected chi connectivity index (χ1v) is 8.86. The molecule has 0 bridgehead atoms. The number of nitrogens with one attached hydrogen (secondary N) is 1. The molecule has 0 spiro atoms. The van der Waals surface area contributed by atoms with Gasteiger partial charge in [-0.2, -0.15) is 0 Å². The fourth-order valence-corrected chi connectivity index (χ4v) is 2.66. The lowest BCUT2D eigenvalue weighted by atomic mass is 10.1. The molecule has 1 aromatic heterocycles. The van der Waals surface area contributed by atoms with Crippen LogP contribution in [0.5, 0.6) is 11.6 Å². The van der Waals surface area contributed by atoms with Crippen LogP contribution < -0.4 is 10.1 Å². The molecule has 3 rings (SSSR count). The van der Waals surface area contributed by atoms with Gasteiger partial charge in [0.2, 0.25) is 5.88 Å². The summed E-state index contributed by atoms with van der Waals surface area (Å²) in [4.78, 5) is 26.7. The van der Waals surface area contributed by atoms with Gasteiger partial charge < -0.3 is 15.2 Å². The Hall–Kier alpha value is -3.94. The Morgan fingerprint density at radius 3 is 2.62 bits per heavy atom. The van der Waals surface area contributed by atoms with Crippen LogP contribution in [0.15, 0.2) is 66.9 Å². The van der Waals surface area contributed by atoms with E-state index in [0.29, 0.717) is 11.4 Å². The lowest BCUT2D eigenvalue weighted by molar-refractivity contribution is -0.384. The topological polar surface area (TPSA) is 115 Å². The van der Waals surface area contributed by atoms with Gasteiger partial charge in [0.25, 0.3) is 11.6 Å². The molecule has 0 fully saturated rings. The van der Waals surface area contributed by atoms with Crippen LogP contribution in [0.3, 0.4) is 0 Å². The summed E-state index contributed by atoms with van der Waals surface area (Å²) < 4.78 is 5.78. The van der Waals surface area contributed by atoms with Gasteiger partial charge in [0, 0.05) is 36.5 Å². The van der Waals surface area contributed by atoms with E-state index in [9.17, 15) is 20.0 Å². The number of aromatic hydroxyl groups is 1. The van der Waals surface area contributed by atoms with Gasteiger partial charge in [-0.1, -0.05) is 30.3 Å². The number of nitrogens with zero attached hydrogens (tertiary/aromatic N) is 2. The van der Waals surface area contributed by atoms with E-state index in [2.05, 4.69) is 10.3 Å². The summed E-state index contributed by atoms with van der Waals surface area (Å²) in [5, 5.41) is 23.3. The van der Waals surface area contributed by atoms with Gasteiger partial charge in [-0.05, 0) is 24.6 Å². The Morgan fingerprint density at radius 1 is 1.21 bits per heavy atom. The van der Waals surface area contributed by atoms with Crippen molar-refractivity contribution in [2.24, 2.45) is 0 Å². The van der Waals surface area contributed by atoms with Gasteiger partial charge in [0.05, 0.1) is 10.5 Å². The number of phenols is 1. The number of aromatic nitrogens is 1. The second-order valence-electron chi connectivity index (χ2n) is 6.31. The maximum atomic E-state index is 12.3. The number of hydrogen-bond donors (Lipinski definition) is 2. The molecule has 0 radical (unpaired) electrons. The van der Waals surface area contributed by atoms with Crippen molar-refractivity contribution in [1.29, 1.82) is 0 Å². The van der Waals surface area contributed by atoms with E-state index in [4.69, 9.17) is 4.74 Å². The number of amides is 1. The number of nitro benzene ring substituents is 1. The molecule has 8 nitrogen and oxygen atoms in total. The molecule has 0 unspecified atom stereocenters. The molecule has 0 saturated heterocycles. The standard InChI is InChI=1S/C21H19N3O5/c1-14(15-5-3-2-4-6-15)29-20-10-7-16(12-22-20)21(26)23-13-17-11-18(24(27)28)8-9-19(17)25/h2-12,14,25H,13H2,1H3,(H,23,26)/t14-/m1/s1. The van der Waals surface area contributed by atoms with Crippen LogP contribution in [0.1, 0.15) is 34.5 Å². The van der Waals surface area contributed by atoms with Crippen molar-refractivity contribution in [1.82, 2.24) is 10.3 Å². The van der Waals surface area contributed by atoms with Crippen molar-refractivity contribution < 1.29 is 19.6 Å². The van der Waals surface area contributed by atoms with Crippen molar-refractivity contribution in [2.75, 3.05) is 0 Å². The van der Waals surface area contributed by atoms with Gasteiger partial charge in [-0.3, -0.25) is 14.9 Å². The smallest absolute Gasteiger partial charge is 0.270 e. The summed E-state index contributed by atoms with van der Waals surface area (Å²) >= 11 is 0. The minimum absolute atomic E-state index is 0.0599. The van der Waals surface area contributed by atoms with Crippen molar-refractivity contribution in [3.8, 4) is 11.6 Å². The first-order chi connectivity index (χ1) is 13.9. The number of nitro groups is 1. The normalized spacial score (nSPS) is 11.5. The molecule has 148 valence electrons. The lowest BCUT2D eigenvalue weighted by Gasteiger charge is -2.14. The highest BCUT2D eigenvalue weighted by molar-refractivity contribution is 5.93. The predicted molar refractivity (Wildman–Crippen MR) is 106 cm³/mol. The Bertz CT molecular complexity index is 1010. The fourth-order valence-electron chi connectivity index (χ4n) is 2.66. The van der Waals surface area contributed by atoms with Crippen LogP contribution in [-0.4, -0.2) is 20.9 Å². The molecule has 1 atom stereocenters. The Kier molecular flexibility index (Phi) is 6.03. The van der Waals surface area contributed by atoms with Crippen LogP contribution in [0, 0.1) is 10.1 Å². The zero-order valence-corrected chi connectivity index (χ0v) is 15.6. The second kappa shape index (κ2) is 8.83. The highest BCUT2D eigenvalue weighted by atomic mass is 16.6. The van der Waals surface area contributed by atoms with Crippen LogP contribution in [0.25, 0.3) is 0 Å². The van der Waals surface area contributed by atoms with Gasteiger partial charge in [0.1, 0.15) is 11.9 Å². The van der Waals surface area contributed by atoms with Gasteiger partial charge >= 0.3 is 0 Å². The summed E-state index contributed by atoms with van der Waals surface area (Å²) in [5.74, 6) is -0.173. The van der Waals surface area contributed by atoms with E-state index < -0.39 is 10.8 Å². The number of ether oxygens (including phenoxy) is 1. The Morgan fingerprint density at radius 2 is 1.97 bits per heavy atom. The largest absolute Gasteiger partial charge is 0.508 e. The SMILES string of the molecule is C[C@@H](Oc1ccc(C(=O)NCc2cc([N+](=O)[O-])ccc2O)cn1)c1ccccc1. The number of phenolic OH excluding ortho intramolecular Hbond substituents is 1. The first-order valence-electron chi connectivity index (χ1n) is 8.86. The Balaban J connectivity index is 1.61. The number of carbonyl (C=O) groups excluding carboxylic acids is 1. The zero-order chi connectivity index (χ0) is 20.8. The number of rotatable bonds is 7. The first kappa shape index (κ1) is 19.8. The summed E-state index contributed by atoms with van der Waals surface area (Å²) in [7, 11) is 0. The number of hydrogen-bond acceptors (Lipinski definition) is 6. The number of benzene rings is 2. The average molecular weight is 393 g/mol. The van der Waals surface area contributed by atoms with Gasteiger partial charge in [-0.25, -0.2) is 4.98 Å². The predicted octanol–water partition coefficient (Wildman–Crippen LogP) is 3.77. The number of pyridine rings is 1. The Labute approximate surface area is 166 Å². The highest BCUT2D eigenvalue weighted by Gasteiger charge is 2.13. The average Bonchev–Trinajstić information content (AvgIpc) is 2.74. The van der Waals surface area contributed by atoms with Crippen LogP contribution in [0.2, 0.25) is 0 Å². The van der Waals surface area contributed by atoms with E-state index >= 15 is 0 Å². The van der Waals surface area contributed by atoms with Crippen molar-refractivity contribution >= 4 is 11.6 Å². The van der Waals surface area contributed by atoms with E-state index in [1.807, 2.05) is 37.3 Å². The van der Waals surface area contributed by atoms with Crippen molar-refractivity contribution in [3.05, 3.63) is 93.7 Å². The van der Waals surface area contributed by atoms with Crippen LogP contribution >= 0.6 is 0 Å².